The lowest BCUT2D eigenvalue weighted by Crippen LogP contribution is -2.36. The molecule has 0 spiro atoms. The van der Waals surface area contributed by atoms with Crippen molar-refractivity contribution in [1.82, 2.24) is 14.7 Å². The highest BCUT2D eigenvalue weighted by atomic mass is 16.4. The van der Waals surface area contributed by atoms with Crippen molar-refractivity contribution in [3.8, 4) is 0 Å². The van der Waals surface area contributed by atoms with E-state index in [4.69, 9.17) is 5.11 Å². The van der Waals surface area contributed by atoms with E-state index >= 15 is 0 Å². The molecule has 1 amide bonds. The predicted octanol–water partition coefficient (Wildman–Crippen LogP) is 1.27. The van der Waals surface area contributed by atoms with Gasteiger partial charge in [-0.15, -0.1) is 0 Å². The third kappa shape index (κ3) is 3.37. The van der Waals surface area contributed by atoms with Crippen molar-refractivity contribution < 1.29 is 14.7 Å². The number of carbonyl (C=O) groups excluding carboxylic acids is 1. The standard InChI is InChI=1S/C14H21N3O3/c1-16(8-10-7-15-17(2)9-10)13(18)11-4-3-5-12(6-11)14(19)20/h7,9,11-12H,3-6,8H2,1-2H3,(H,19,20)/t11-,12+/m0/s1. The minimum absolute atomic E-state index is 0.0415. The number of carboxylic acids is 1. The first kappa shape index (κ1) is 14.6. The number of amides is 1. The van der Waals surface area contributed by atoms with Gasteiger partial charge in [-0.05, 0) is 19.3 Å². The zero-order valence-corrected chi connectivity index (χ0v) is 12.0. The van der Waals surface area contributed by atoms with Gasteiger partial charge in [0, 0.05) is 38.3 Å². The lowest BCUT2D eigenvalue weighted by atomic mass is 9.81. The average molecular weight is 279 g/mol. The van der Waals surface area contributed by atoms with Crippen molar-refractivity contribution in [1.29, 1.82) is 0 Å². The van der Waals surface area contributed by atoms with E-state index in [9.17, 15) is 9.59 Å². The minimum atomic E-state index is -0.780. The zero-order valence-electron chi connectivity index (χ0n) is 12.0. The Hall–Kier alpha value is -1.85. The van der Waals surface area contributed by atoms with Gasteiger partial charge in [-0.1, -0.05) is 6.42 Å². The second-order valence-electron chi connectivity index (χ2n) is 5.62. The van der Waals surface area contributed by atoms with Crippen LogP contribution in [0.1, 0.15) is 31.2 Å². The fourth-order valence-corrected chi connectivity index (χ4v) is 2.86. The molecule has 1 aromatic rings. The first-order valence-corrected chi connectivity index (χ1v) is 6.92. The normalized spacial score (nSPS) is 22.5. The molecule has 1 fully saturated rings. The van der Waals surface area contributed by atoms with Gasteiger partial charge in [0.1, 0.15) is 0 Å². The van der Waals surface area contributed by atoms with E-state index in [0.717, 1.165) is 18.4 Å². The van der Waals surface area contributed by atoms with E-state index in [1.54, 1.807) is 22.8 Å². The highest BCUT2D eigenvalue weighted by Crippen LogP contribution is 2.30. The fraction of sp³-hybridized carbons (Fsp3) is 0.643. The highest BCUT2D eigenvalue weighted by Gasteiger charge is 2.32. The summed E-state index contributed by atoms with van der Waals surface area (Å²) in [5.74, 6) is -1.27. The minimum Gasteiger partial charge on any atom is -0.481 e. The molecule has 1 aliphatic carbocycles. The number of nitrogens with zero attached hydrogens (tertiary/aromatic N) is 3. The van der Waals surface area contributed by atoms with Gasteiger partial charge in [0.25, 0.3) is 0 Å². The maximum absolute atomic E-state index is 12.4. The van der Waals surface area contributed by atoms with Crippen LogP contribution in [0.15, 0.2) is 12.4 Å². The lowest BCUT2D eigenvalue weighted by Gasteiger charge is -2.29. The molecule has 0 saturated heterocycles. The third-order valence-electron chi connectivity index (χ3n) is 3.93. The van der Waals surface area contributed by atoms with Gasteiger partial charge >= 0.3 is 5.97 Å². The Morgan fingerprint density at radius 1 is 1.45 bits per heavy atom. The molecule has 6 heteroatoms. The Morgan fingerprint density at radius 3 is 2.75 bits per heavy atom. The SMILES string of the molecule is CN(Cc1cnn(C)c1)C(=O)[C@H]1CCC[C@@H](C(=O)O)C1. The second kappa shape index (κ2) is 6.07. The van der Waals surface area contributed by atoms with Crippen LogP contribution in [0.3, 0.4) is 0 Å². The van der Waals surface area contributed by atoms with Crippen LogP contribution in [0, 0.1) is 11.8 Å². The number of hydrogen-bond acceptors (Lipinski definition) is 3. The van der Waals surface area contributed by atoms with E-state index < -0.39 is 5.97 Å². The van der Waals surface area contributed by atoms with Crippen LogP contribution in [0.5, 0.6) is 0 Å². The molecule has 6 nitrogen and oxygen atoms in total. The van der Waals surface area contributed by atoms with Crippen molar-refractivity contribution >= 4 is 11.9 Å². The monoisotopic (exact) mass is 279 g/mol. The third-order valence-corrected chi connectivity index (χ3v) is 3.93. The quantitative estimate of drug-likeness (QED) is 0.900. The van der Waals surface area contributed by atoms with Crippen LogP contribution in [-0.2, 0) is 23.2 Å². The van der Waals surface area contributed by atoms with E-state index in [-0.39, 0.29) is 17.7 Å². The maximum Gasteiger partial charge on any atom is 0.306 e. The Bertz CT molecular complexity index is 498. The summed E-state index contributed by atoms with van der Waals surface area (Å²) in [6, 6.07) is 0. The summed E-state index contributed by atoms with van der Waals surface area (Å²) in [7, 11) is 3.60. The first-order chi connectivity index (χ1) is 9.47. The largest absolute Gasteiger partial charge is 0.481 e. The average Bonchev–Trinajstić information content (AvgIpc) is 2.83. The van der Waals surface area contributed by atoms with Crippen LogP contribution in [0.4, 0.5) is 0 Å². The second-order valence-corrected chi connectivity index (χ2v) is 5.62. The van der Waals surface area contributed by atoms with E-state index in [1.807, 2.05) is 13.2 Å². The molecule has 1 N–H and O–H groups in total. The molecule has 20 heavy (non-hydrogen) atoms. The van der Waals surface area contributed by atoms with Crippen LogP contribution in [0.25, 0.3) is 0 Å². The van der Waals surface area contributed by atoms with Crippen LogP contribution >= 0.6 is 0 Å². The molecular formula is C14H21N3O3. The lowest BCUT2D eigenvalue weighted by molar-refractivity contribution is -0.145. The molecule has 0 bridgehead atoms. The topological polar surface area (TPSA) is 75.4 Å². The van der Waals surface area contributed by atoms with Crippen LogP contribution in [0.2, 0.25) is 0 Å². The molecule has 1 aromatic heterocycles. The Kier molecular flexibility index (Phi) is 4.42. The number of aromatic nitrogens is 2. The molecule has 1 saturated carbocycles. The summed E-state index contributed by atoms with van der Waals surface area (Å²) in [5, 5.41) is 13.2. The van der Waals surface area contributed by atoms with Gasteiger partial charge < -0.3 is 10.0 Å². The molecule has 1 aliphatic rings. The maximum atomic E-state index is 12.4. The number of aliphatic carboxylic acids is 1. The van der Waals surface area contributed by atoms with Crippen molar-refractivity contribution in [2.24, 2.45) is 18.9 Å². The number of carbonyl (C=O) groups is 2. The molecule has 0 unspecified atom stereocenters. The smallest absolute Gasteiger partial charge is 0.306 e. The predicted molar refractivity (Wildman–Crippen MR) is 72.8 cm³/mol. The molecule has 0 radical (unpaired) electrons. The number of rotatable bonds is 4. The van der Waals surface area contributed by atoms with Crippen molar-refractivity contribution in [3.05, 3.63) is 18.0 Å². The van der Waals surface area contributed by atoms with Gasteiger partial charge in [-0.3, -0.25) is 14.3 Å². The first-order valence-electron chi connectivity index (χ1n) is 6.92. The Balaban J connectivity index is 1.94. The van der Waals surface area contributed by atoms with Crippen LogP contribution < -0.4 is 0 Å². The summed E-state index contributed by atoms with van der Waals surface area (Å²) in [4.78, 5) is 25.1. The molecule has 110 valence electrons. The van der Waals surface area contributed by atoms with Gasteiger partial charge in [-0.2, -0.15) is 5.10 Å². The number of hydrogen-bond donors (Lipinski definition) is 1. The van der Waals surface area contributed by atoms with Crippen molar-refractivity contribution in [2.75, 3.05) is 7.05 Å². The van der Waals surface area contributed by atoms with Crippen molar-refractivity contribution in [2.45, 2.75) is 32.2 Å². The molecule has 1 heterocycles. The summed E-state index contributed by atoms with van der Waals surface area (Å²) in [6.45, 7) is 0.515. The molecule has 2 rings (SSSR count). The summed E-state index contributed by atoms with van der Waals surface area (Å²) in [6.07, 6.45) is 6.38. The fourth-order valence-electron chi connectivity index (χ4n) is 2.86. The van der Waals surface area contributed by atoms with E-state index in [2.05, 4.69) is 5.10 Å². The molecule has 0 aromatic carbocycles. The van der Waals surface area contributed by atoms with Gasteiger partial charge in [0.15, 0.2) is 0 Å². The summed E-state index contributed by atoms with van der Waals surface area (Å²) >= 11 is 0. The van der Waals surface area contributed by atoms with Gasteiger partial charge in [-0.25, -0.2) is 0 Å². The van der Waals surface area contributed by atoms with Crippen molar-refractivity contribution in [3.63, 3.8) is 0 Å². The number of aryl methyl sites for hydroxylation is 1. The van der Waals surface area contributed by atoms with E-state index in [0.29, 0.717) is 19.4 Å². The van der Waals surface area contributed by atoms with Gasteiger partial charge in [0.05, 0.1) is 12.1 Å². The molecule has 2 atom stereocenters. The summed E-state index contributed by atoms with van der Waals surface area (Å²) in [5.41, 5.74) is 0.981. The zero-order chi connectivity index (χ0) is 14.7. The van der Waals surface area contributed by atoms with Gasteiger partial charge in [0.2, 0.25) is 5.91 Å². The summed E-state index contributed by atoms with van der Waals surface area (Å²) < 4.78 is 1.70. The van der Waals surface area contributed by atoms with E-state index in [1.165, 1.54) is 0 Å². The highest BCUT2D eigenvalue weighted by molar-refractivity contribution is 5.80. The Morgan fingerprint density at radius 2 is 2.15 bits per heavy atom. The number of carboxylic acid groups (broad SMARTS) is 1. The molecular weight excluding hydrogens is 258 g/mol. The Labute approximate surface area is 118 Å². The molecule has 0 aliphatic heterocycles. The van der Waals surface area contributed by atoms with Crippen LogP contribution in [-0.4, -0.2) is 38.7 Å².